The van der Waals surface area contributed by atoms with Gasteiger partial charge in [-0.1, -0.05) is 0 Å². The molecule has 3 saturated heterocycles. The van der Waals surface area contributed by atoms with Crippen molar-refractivity contribution < 1.29 is 4.92 Å². The van der Waals surface area contributed by atoms with Gasteiger partial charge < -0.3 is 19.6 Å². The number of piperidine rings is 2. The Balaban J connectivity index is 1.33. The molecule has 5 rings (SSSR count). The average Bonchev–Trinajstić information content (AvgIpc) is 2.89. The lowest BCUT2D eigenvalue weighted by atomic mass is 10.1. The summed E-state index contributed by atoms with van der Waals surface area (Å²) in [5.74, 6) is 2.41. The van der Waals surface area contributed by atoms with E-state index in [4.69, 9.17) is 15.0 Å². The van der Waals surface area contributed by atoms with Crippen molar-refractivity contribution in [2.45, 2.75) is 38.5 Å². The molecule has 0 atom stereocenters. The highest BCUT2D eigenvalue weighted by Crippen LogP contribution is 2.26. The fourth-order valence-electron chi connectivity index (χ4n) is 4.91. The van der Waals surface area contributed by atoms with Gasteiger partial charge in [-0.25, -0.2) is 0 Å². The highest BCUT2D eigenvalue weighted by atomic mass is 16.6. The van der Waals surface area contributed by atoms with Crippen molar-refractivity contribution in [3.8, 4) is 0 Å². The molecule has 10 heteroatoms. The number of hydrogen-bond donors (Lipinski definition) is 0. The van der Waals surface area contributed by atoms with E-state index in [0.29, 0.717) is 0 Å². The molecule has 33 heavy (non-hydrogen) atoms. The summed E-state index contributed by atoms with van der Waals surface area (Å²) in [5, 5.41) is 10.9. The number of anilines is 4. The Labute approximate surface area is 194 Å². The number of nitrogens with zero attached hydrogens (tertiary/aromatic N) is 8. The Kier molecular flexibility index (Phi) is 6.41. The van der Waals surface area contributed by atoms with Gasteiger partial charge in [0.1, 0.15) is 0 Å². The molecule has 0 spiro atoms. The Hall–Kier alpha value is -3.17. The normalized spacial score (nSPS) is 19.6. The van der Waals surface area contributed by atoms with Gasteiger partial charge >= 0.3 is 0 Å². The Morgan fingerprint density at radius 2 is 0.970 bits per heavy atom. The maximum Gasteiger partial charge on any atom is 0.269 e. The highest BCUT2D eigenvalue weighted by molar-refractivity contribution is 5.53. The summed E-state index contributed by atoms with van der Waals surface area (Å²) in [6.07, 6.45) is 7.31. The number of piperazine rings is 1. The molecule has 3 fully saturated rings. The van der Waals surface area contributed by atoms with E-state index < -0.39 is 0 Å². The van der Waals surface area contributed by atoms with Crippen LogP contribution in [0.3, 0.4) is 0 Å². The van der Waals surface area contributed by atoms with Gasteiger partial charge in [0.05, 0.1) is 4.92 Å². The van der Waals surface area contributed by atoms with Gasteiger partial charge in [-0.2, -0.15) is 15.0 Å². The number of rotatable bonds is 5. The molecule has 3 aliphatic rings. The predicted octanol–water partition coefficient (Wildman–Crippen LogP) is 3.09. The summed E-state index contributed by atoms with van der Waals surface area (Å²) in [4.78, 5) is 34.4. The molecule has 0 unspecified atom stereocenters. The Morgan fingerprint density at radius 1 is 0.576 bits per heavy atom. The smallest absolute Gasteiger partial charge is 0.269 e. The van der Waals surface area contributed by atoms with Gasteiger partial charge in [0.25, 0.3) is 5.69 Å². The molecule has 1 aromatic carbocycles. The van der Waals surface area contributed by atoms with E-state index in [1.165, 1.54) is 38.5 Å². The van der Waals surface area contributed by atoms with Crippen LogP contribution in [0.5, 0.6) is 0 Å². The average molecular weight is 453 g/mol. The zero-order valence-electron chi connectivity index (χ0n) is 19.1. The van der Waals surface area contributed by atoms with Gasteiger partial charge in [-0.05, 0) is 50.7 Å². The van der Waals surface area contributed by atoms with E-state index >= 15 is 0 Å². The second-order valence-electron chi connectivity index (χ2n) is 9.08. The first-order valence-corrected chi connectivity index (χ1v) is 12.2. The maximum atomic E-state index is 10.9. The third-order valence-corrected chi connectivity index (χ3v) is 6.87. The molecule has 176 valence electrons. The number of nitro benzene ring substituents is 1. The van der Waals surface area contributed by atoms with Gasteiger partial charge in [0, 0.05) is 70.2 Å². The predicted molar refractivity (Wildman–Crippen MR) is 129 cm³/mol. The molecule has 0 amide bonds. The first-order valence-electron chi connectivity index (χ1n) is 12.2. The van der Waals surface area contributed by atoms with Crippen LogP contribution in [0.25, 0.3) is 0 Å². The van der Waals surface area contributed by atoms with Crippen LogP contribution >= 0.6 is 0 Å². The number of aromatic nitrogens is 3. The maximum absolute atomic E-state index is 10.9. The van der Waals surface area contributed by atoms with Gasteiger partial charge in [0.2, 0.25) is 17.8 Å². The number of non-ortho nitro benzene ring substituents is 1. The van der Waals surface area contributed by atoms with Crippen molar-refractivity contribution in [3.63, 3.8) is 0 Å². The van der Waals surface area contributed by atoms with Crippen molar-refractivity contribution in [3.05, 3.63) is 34.4 Å². The molecule has 10 nitrogen and oxygen atoms in total. The Bertz CT molecular complexity index is 913. The van der Waals surface area contributed by atoms with Crippen LogP contribution < -0.4 is 19.6 Å². The molecule has 2 aromatic rings. The largest absolute Gasteiger partial charge is 0.368 e. The van der Waals surface area contributed by atoms with E-state index in [9.17, 15) is 10.1 Å². The third-order valence-electron chi connectivity index (χ3n) is 6.87. The van der Waals surface area contributed by atoms with E-state index in [1.807, 2.05) is 12.1 Å². The summed E-state index contributed by atoms with van der Waals surface area (Å²) >= 11 is 0. The van der Waals surface area contributed by atoms with Crippen LogP contribution in [0.1, 0.15) is 38.5 Å². The SMILES string of the molecule is O=[N+]([O-])c1ccc(N2CCN(c3nc(N4CCCCC4)nc(N4CCCCC4)n3)CC2)cc1. The topological polar surface area (TPSA) is 94.8 Å². The first kappa shape index (κ1) is 21.7. The molecule has 0 saturated carbocycles. The van der Waals surface area contributed by atoms with Gasteiger partial charge in [-0.3, -0.25) is 10.1 Å². The molecular formula is C23H32N8O2. The van der Waals surface area contributed by atoms with Crippen LogP contribution in [-0.2, 0) is 0 Å². The zero-order chi connectivity index (χ0) is 22.6. The molecule has 0 radical (unpaired) electrons. The zero-order valence-corrected chi connectivity index (χ0v) is 19.1. The van der Waals surface area contributed by atoms with E-state index in [0.717, 1.165) is 75.9 Å². The summed E-state index contributed by atoms with van der Waals surface area (Å²) in [6.45, 7) is 7.30. The molecule has 0 bridgehead atoms. The molecular weight excluding hydrogens is 420 g/mol. The van der Waals surface area contributed by atoms with E-state index in [1.54, 1.807) is 12.1 Å². The lowest BCUT2D eigenvalue weighted by Gasteiger charge is -2.37. The quantitative estimate of drug-likeness (QED) is 0.501. The summed E-state index contributed by atoms with van der Waals surface area (Å²) in [5.41, 5.74) is 1.14. The van der Waals surface area contributed by atoms with Crippen molar-refractivity contribution in [1.29, 1.82) is 0 Å². The van der Waals surface area contributed by atoms with Crippen LogP contribution in [0.4, 0.5) is 29.2 Å². The second kappa shape index (κ2) is 9.76. The fraction of sp³-hybridized carbons (Fsp3) is 0.609. The van der Waals surface area contributed by atoms with Crippen molar-refractivity contribution >= 4 is 29.2 Å². The lowest BCUT2D eigenvalue weighted by Crippen LogP contribution is -2.47. The lowest BCUT2D eigenvalue weighted by molar-refractivity contribution is -0.384. The Morgan fingerprint density at radius 3 is 1.39 bits per heavy atom. The minimum atomic E-state index is -0.359. The van der Waals surface area contributed by atoms with Crippen LogP contribution in [-0.4, -0.2) is 72.2 Å². The second-order valence-corrected chi connectivity index (χ2v) is 9.08. The van der Waals surface area contributed by atoms with Crippen LogP contribution in [0, 0.1) is 10.1 Å². The van der Waals surface area contributed by atoms with Gasteiger partial charge in [0.15, 0.2) is 0 Å². The molecule has 0 N–H and O–H groups in total. The van der Waals surface area contributed by atoms with Gasteiger partial charge in [-0.15, -0.1) is 0 Å². The molecule has 0 aliphatic carbocycles. The number of nitro groups is 1. The first-order chi connectivity index (χ1) is 16.2. The van der Waals surface area contributed by atoms with Crippen LogP contribution in [0.2, 0.25) is 0 Å². The standard InChI is InChI=1S/C23H32N8O2/c32-31(33)20-9-7-19(8-10-20)27-15-17-30(18-16-27)23-25-21(28-11-3-1-4-12-28)24-22(26-23)29-13-5-2-6-14-29/h7-10H,1-6,11-18H2. The van der Waals surface area contributed by atoms with Crippen molar-refractivity contribution in [2.24, 2.45) is 0 Å². The third kappa shape index (κ3) is 4.94. The van der Waals surface area contributed by atoms with Crippen molar-refractivity contribution in [2.75, 3.05) is 72.0 Å². The minimum Gasteiger partial charge on any atom is -0.368 e. The number of hydrogen-bond acceptors (Lipinski definition) is 9. The molecule has 3 aliphatic heterocycles. The van der Waals surface area contributed by atoms with Crippen molar-refractivity contribution in [1.82, 2.24) is 15.0 Å². The summed E-state index contributed by atoms with van der Waals surface area (Å²) in [6, 6.07) is 6.81. The van der Waals surface area contributed by atoms with E-state index in [2.05, 4.69) is 19.6 Å². The number of benzene rings is 1. The summed E-state index contributed by atoms with van der Waals surface area (Å²) in [7, 11) is 0. The molecule has 1 aromatic heterocycles. The highest BCUT2D eigenvalue weighted by Gasteiger charge is 2.25. The van der Waals surface area contributed by atoms with E-state index in [-0.39, 0.29) is 10.6 Å². The minimum absolute atomic E-state index is 0.123. The molecule has 4 heterocycles. The fourth-order valence-corrected chi connectivity index (χ4v) is 4.91. The van der Waals surface area contributed by atoms with Crippen LogP contribution in [0.15, 0.2) is 24.3 Å². The summed E-state index contributed by atoms with van der Waals surface area (Å²) < 4.78 is 0. The monoisotopic (exact) mass is 452 g/mol.